The van der Waals surface area contributed by atoms with E-state index in [9.17, 15) is 4.79 Å². The first-order valence-electron chi connectivity index (χ1n) is 8.05. The van der Waals surface area contributed by atoms with Crippen molar-refractivity contribution in [2.24, 2.45) is 0 Å². The molecule has 1 fully saturated rings. The molecule has 2 aromatic rings. The van der Waals surface area contributed by atoms with Gasteiger partial charge in [-0.2, -0.15) is 0 Å². The monoisotopic (exact) mass is 318 g/mol. The highest BCUT2D eigenvalue weighted by Gasteiger charge is 2.25. The fraction of sp³-hybridized carbons (Fsp3) is 0.529. The fourth-order valence-electron chi connectivity index (χ4n) is 2.72. The topological polar surface area (TPSA) is 42.4 Å². The van der Waals surface area contributed by atoms with Crippen LogP contribution in [-0.4, -0.2) is 30.1 Å². The molecule has 4 nitrogen and oxygen atoms in total. The quantitative estimate of drug-likeness (QED) is 0.808. The van der Waals surface area contributed by atoms with Crippen molar-refractivity contribution in [3.63, 3.8) is 0 Å². The average molecular weight is 318 g/mol. The lowest BCUT2D eigenvalue weighted by Gasteiger charge is -2.23. The van der Waals surface area contributed by atoms with Gasteiger partial charge >= 0.3 is 0 Å². The van der Waals surface area contributed by atoms with Gasteiger partial charge in [0.15, 0.2) is 5.13 Å². The number of carbonyl (C=O) groups is 1. The fourth-order valence-corrected chi connectivity index (χ4v) is 3.71. The minimum Gasteiger partial charge on any atom is -0.376 e. The molecule has 0 radical (unpaired) electrons. The average Bonchev–Trinajstić information content (AvgIpc) is 3.18. The number of anilines is 1. The SMILES string of the molecule is CCCCC(=O)N(CC1CCCO1)c1nc2ccccc2s1. The molecular formula is C17H22N2O2S. The number of fused-ring (bicyclic) bond motifs is 1. The highest BCUT2D eigenvalue weighted by Crippen LogP contribution is 2.30. The molecule has 5 heteroatoms. The Morgan fingerprint density at radius 3 is 3.05 bits per heavy atom. The summed E-state index contributed by atoms with van der Waals surface area (Å²) >= 11 is 1.59. The zero-order chi connectivity index (χ0) is 15.4. The summed E-state index contributed by atoms with van der Waals surface area (Å²) in [6.07, 6.45) is 4.80. The first-order valence-corrected chi connectivity index (χ1v) is 8.87. The van der Waals surface area contributed by atoms with E-state index in [0.29, 0.717) is 13.0 Å². The smallest absolute Gasteiger partial charge is 0.228 e. The number of thiazole rings is 1. The number of unbranched alkanes of at least 4 members (excludes halogenated alkanes) is 1. The highest BCUT2D eigenvalue weighted by molar-refractivity contribution is 7.22. The zero-order valence-electron chi connectivity index (χ0n) is 13.0. The van der Waals surface area contributed by atoms with Crippen LogP contribution in [0.1, 0.15) is 39.0 Å². The highest BCUT2D eigenvalue weighted by atomic mass is 32.1. The van der Waals surface area contributed by atoms with E-state index < -0.39 is 0 Å². The molecule has 0 spiro atoms. The third-order valence-electron chi connectivity index (χ3n) is 3.97. The Hall–Kier alpha value is -1.46. The van der Waals surface area contributed by atoms with E-state index in [2.05, 4.69) is 18.0 Å². The van der Waals surface area contributed by atoms with E-state index in [1.54, 1.807) is 11.3 Å². The zero-order valence-corrected chi connectivity index (χ0v) is 13.8. The minimum atomic E-state index is 0.151. The van der Waals surface area contributed by atoms with Gasteiger partial charge in [0.05, 0.1) is 22.9 Å². The number of hydrogen-bond donors (Lipinski definition) is 0. The van der Waals surface area contributed by atoms with Crippen LogP contribution in [-0.2, 0) is 9.53 Å². The molecular weight excluding hydrogens is 296 g/mol. The maximum absolute atomic E-state index is 12.6. The van der Waals surface area contributed by atoms with Crippen molar-refractivity contribution in [3.8, 4) is 0 Å². The number of carbonyl (C=O) groups excluding carboxylic acids is 1. The lowest BCUT2D eigenvalue weighted by Crippen LogP contribution is -2.37. The number of rotatable bonds is 6. The number of benzene rings is 1. The van der Waals surface area contributed by atoms with Crippen molar-refractivity contribution in [2.75, 3.05) is 18.1 Å². The molecule has 2 heterocycles. The second-order valence-corrected chi connectivity index (χ2v) is 6.72. The molecule has 1 unspecified atom stereocenters. The Morgan fingerprint density at radius 2 is 2.32 bits per heavy atom. The summed E-state index contributed by atoms with van der Waals surface area (Å²) in [5.74, 6) is 0.163. The van der Waals surface area contributed by atoms with Gasteiger partial charge in [-0.05, 0) is 31.4 Å². The normalized spacial score (nSPS) is 18.0. The van der Waals surface area contributed by atoms with Gasteiger partial charge < -0.3 is 4.74 Å². The van der Waals surface area contributed by atoms with Crippen molar-refractivity contribution < 1.29 is 9.53 Å². The van der Waals surface area contributed by atoms with Gasteiger partial charge in [0.1, 0.15) is 0 Å². The predicted octanol–water partition coefficient (Wildman–Crippen LogP) is 4.00. The van der Waals surface area contributed by atoms with Gasteiger partial charge in [-0.15, -0.1) is 0 Å². The summed E-state index contributed by atoms with van der Waals surface area (Å²) in [6.45, 7) is 3.54. The molecule has 1 aromatic carbocycles. The van der Waals surface area contributed by atoms with Crippen LogP contribution in [0, 0.1) is 0 Å². The predicted molar refractivity (Wildman–Crippen MR) is 90.5 cm³/mol. The first kappa shape index (κ1) is 15.4. The van der Waals surface area contributed by atoms with Gasteiger partial charge in [0.25, 0.3) is 0 Å². The van der Waals surface area contributed by atoms with Crippen LogP contribution in [0.25, 0.3) is 10.2 Å². The van der Waals surface area contributed by atoms with Crippen molar-refractivity contribution in [3.05, 3.63) is 24.3 Å². The Balaban J connectivity index is 1.83. The second kappa shape index (κ2) is 7.20. The number of ether oxygens (including phenoxy) is 1. The van der Waals surface area contributed by atoms with Crippen LogP contribution in [0.15, 0.2) is 24.3 Å². The van der Waals surface area contributed by atoms with E-state index in [-0.39, 0.29) is 12.0 Å². The molecule has 1 amide bonds. The number of aromatic nitrogens is 1. The minimum absolute atomic E-state index is 0.151. The Kier molecular flexibility index (Phi) is 5.05. The summed E-state index contributed by atoms with van der Waals surface area (Å²) in [6, 6.07) is 8.04. The number of nitrogens with zero attached hydrogens (tertiary/aromatic N) is 2. The Morgan fingerprint density at radius 1 is 1.45 bits per heavy atom. The van der Waals surface area contributed by atoms with E-state index in [0.717, 1.165) is 47.6 Å². The summed E-state index contributed by atoms with van der Waals surface area (Å²) in [7, 11) is 0. The van der Waals surface area contributed by atoms with Gasteiger partial charge in [0, 0.05) is 13.0 Å². The van der Waals surface area contributed by atoms with Crippen molar-refractivity contribution in [1.82, 2.24) is 4.98 Å². The lowest BCUT2D eigenvalue weighted by molar-refractivity contribution is -0.119. The summed E-state index contributed by atoms with van der Waals surface area (Å²) in [5, 5.41) is 0.804. The van der Waals surface area contributed by atoms with Crippen LogP contribution in [0.5, 0.6) is 0 Å². The standard InChI is InChI=1S/C17H22N2O2S/c1-2-3-10-16(20)19(12-13-7-6-11-21-13)17-18-14-8-4-5-9-15(14)22-17/h4-5,8-9,13H,2-3,6-7,10-12H2,1H3. The molecule has 0 aliphatic carbocycles. The van der Waals surface area contributed by atoms with Crippen LogP contribution in [0.2, 0.25) is 0 Å². The molecule has 0 bridgehead atoms. The van der Waals surface area contributed by atoms with Gasteiger partial charge in [-0.25, -0.2) is 4.98 Å². The van der Waals surface area contributed by atoms with Crippen molar-refractivity contribution >= 4 is 32.6 Å². The summed E-state index contributed by atoms with van der Waals surface area (Å²) < 4.78 is 6.84. The Bertz CT molecular complexity index is 601. The van der Waals surface area contributed by atoms with Gasteiger partial charge in [0.2, 0.25) is 5.91 Å². The maximum atomic E-state index is 12.6. The van der Waals surface area contributed by atoms with E-state index in [1.807, 2.05) is 23.1 Å². The van der Waals surface area contributed by atoms with E-state index in [4.69, 9.17) is 4.74 Å². The van der Waals surface area contributed by atoms with Crippen LogP contribution >= 0.6 is 11.3 Å². The van der Waals surface area contributed by atoms with Gasteiger partial charge in [-0.1, -0.05) is 36.8 Å². The molecule has 1 saturated heterocycles. The molecule has 1 atom stereocenters. The second-order valence-electron chi connectivity index (χ2n) is 5.71. The van der Waals surface area contributed by atoms with Gasteiger partial charge in [-0.3, -0.25) is 9.69 Å². The summed E-state index contributed by atoms with van der Waals surface area (Å²) in [4.78, 5) is 19.1. The molecule has 0 N–H and O–H groups in total. The third-order valence-corrected chi connectivity index (χ3v) is 5.03. The largest absolute Gasteiger partial charge is 0.376 e. The van der Waals surface area contributed by atoms with Crippen molar-refractivity contribution in [2.45, 2.75) is 45.1 Å². The number of hydrogen-bond acceptors (Lipinski definition) is 4. The van der Waals surface area contributed by atoms with E-state index >= 15 is 0 Å². The Labute approximate surface area is 135 Å². The maximum Gasteiger partial charge on any atom is 0.228 e. The molecule has 22 heavy (non-hydrogen) atoms. The molecule has 1 aromatic heterocycles. The van der Waals surface area contributed by atoms with Crippen LogP contribution in [0.4, 0.5) is 5.13 Å². The van der Waals surface area contributed by atoms with Crippen molar-refractivity contribution in [1.29, 1.82) is 0 Å². The molecule has 3 rings (SSSR count). The van der Waals surface area contributed by atoms with Crippen LogP contribution in [0.3, 0.4) is 0 Å². The molecule has 1 aliphatic heterocycles. The molecule has 0 saturated carbocycles. The molecule has 1 aliphatic rings. The molecule has 118 valence electrons. The first-order chi connectivity index (χ1) is 10.8. The lowest BCUT2D eigenvalue weighted by atomic mass is 10.2. The van der Waals surface area contributed by atoms with E-state index in [1.165, 1.54) is 0 Å². The number of amides is 1. The number of para-hydroxylation sites is 1. The third kappa shape index (κ3) is 3.47. The summed E-state index contributed by atoms with van der Waals surface area (Å²) in [5.41, 5.74) is 0.961. The van der Waals surface area contributed by atoms with Crippen LogP contribution < -0.4 is 4.90 Å².